The number of benzene rings is 2. The maximum atomic E-state index is 13.4. The number of fused-ring (bicyclic) bond motifs is 1. The lowest BCUT2D eigenvalue weighted by Crippen LogP contribution is -2.52. The van der Waals surface area contributed by atoms with Gasteiger partial charge in [0.25, 0.3) is 5.91 Å². The van der Waals surface area contributed by atoms with Gasteiger partial charge < -0.3 is 15.0 Å². The molecule has 0 spiro atoms. The zero-order valence-corrected chi connectivity index (χ0v) is 17.8. The molecule has 0 saturated carbocycles. The van der Waals surface area contributed by atoms with Crippen molar-refractivity contribution in [3.8, 4) is 0 Å². The van der Waals surface area contributed by atoms with Crippen LogP contribution in [0.1, 0.15) is 49.4 Å². The summed E-state index contributed by atoms with van der Waals surface area (Å²) in [6.45, 7) is 0.528. The molecule has 3 aliphatic rings. The monoisotopic (exact) mass is 455 g/mol. The maximum absolute atomic E-state index is 13.4. The summed E-state index contributed by atoms with van der Waals surface area (Å²) in [6.07, 6.45) is -6.67. The minimum absolute atomic E-state index is 0.00934. The number of nitrogens with zero attached hydrogens (tertiary/aromatic N) is 2. The lowest BCUT2D eigenvalue weighted by Gasteiger charge is -2.29. The first-order valence-corrected chi connectivity index (χ1v) is 10.7. The van der Waals surface area contributed by atoms with E-state index in [1.165, 1.54) is 18.2 Å². The summed E-state index contributed by atoms with van der Waals surface area (Å²) in [4.78, 5) is 41.0. The third-order valence-corrected chi connectivity index (χ3v) is 5.82. The van der Waals surface area contributed by atoms with E-state index in [0.29, 0.717) is 43.3 Å². The zero-order valence-electron chi connectivity index (χ0n) is 24.8. The van der Waals surface area contributed by atoms with Crippen molar-refractivity contribution in [3.63, 3.8) is 0 Å². The van der Waals surface area contributed by atoms with Gasteiger partial charge in [-0.1, -0.05) is 30.3 Å². The summed E-state index contributed by atoms with van der Waals surface area (Å²) in [6, 6.07) is 8.38. The summed E-state index contributed by atoms with van der Waals surface area (Å²) < 4.78 is 64.4. The molecule has 0 bridgehead atoms. The minimum Gasteiger partial charge on any atom is -0.381 e. The quantitative estimate of drug-likeness (QED) is 0.647. The van der Waals surface area contributed by atoms with Crippen LogP contribution in [0.4, 0.5) is 5.69 Å². The van der Waals surface area contributed by atoms with Gasteiger partial charge in [-0.3, -0.25) is 24.6 Å². The molecule has 2 aromatic rings. The van der Waals surface area contributed by atoms with Crippen molar-refractivity contribution in [2.75, 3.05) is 31.6 Å². The van der Waals surface area contributed by atoms with Crippen LogP contribution in [0.5, 0.6) is 0 Å². The van der Waals surface area contributed by atoms with Gasteiger partial charge in [-0.05, 0) is 29.6 Å². The van der Waals surface area contributed by atoms with E-state index in [2.05, 4.69) is 10.2 Å². The molecule has 0 aromatic heterocycles. The van der Waals surface area contributed by atoms with Gasteiger partial charge in [0.05, 0.1) is 17.3 Å². The highest BCUT2D eigenvalue weighted by Crippen LogP contribution is 2.32. The third kappa shape index (κ3) is 4.49. The van der Waals surface area contributed by atoms with Crippen LogP contribution in [0.3, 0.4) is 0 Å². The van der Waals surface area contributed by atoms with E-state index < -0.39 is 49.5 Å². The predicted molar refractivity (Wildman–Crippen MR) is 122 cm³/mol. The normalized spacial score (nSPS) is 30.0. The van der Waals surface area contributed by atoms with E-state index >= 15 is 0 Å². The molecule has 3 amide bonds. The van der Waals surface area contributed by atoms with Crippen molar-refractivity contribution >= 4 is 23.4 Å². The summed E-state index contributed by atoms with van der Waals surface area (Å²) in [5, 5.41) is 4.54. The Morgan fingerprint density at radius 3 is 2.73 bits per heavy atom. The molecule has 2 fully saturated rings. The highest BCUT2D eigenvalue weighted by Gasteiger charge is 2.39. The summed E-state index contributed by atoms with van der Waals surface area (Å²) in [5.41, 5.74) is 1.56. The molecule has 8 nitrogen and oxygen atoms in total. The highest BCUT2D eigenvalue weighted by molar-refractivity contribution is 6.06. The number of carbonyl (C=O) groups is 3. The molecule has 172 valence electrons. The fourth-order valence-electron chi connectivity index (χ4n) is 4.10. The van der Waals surface area contributed by atoms with E-state index in [9.17, 15) is 14.4 Å². The van der Waals surface area contributed by atoms with E-state index in [1.54, 1.807) is 17.4 Å². The van der Waals surface area contributed by atoms with E-state index in [-0.39, 0.29) is 16.8 Å². The maximum Gasteiger partial charge on any atom is 0.255 e. The van der Waals surface area contributed by atoms with Crippen LogP contribution in [0.2, 0.25) is 0 Å². The molecule has 33 heavy (non-hydrogen) atoms. The average Bonchev–Trinajstić information content (AvgIpc) is 3.25. The number of carbonyl (C=O) groups excluding carboxylic acids is 3. The second-order valence-corrected chi connectivity index (χ2v) is 7.90. The Labute approximate surface area is 202 Å². The molecular weight excluding hydrogens is 420 g/mol. The van der Waals surface area contributed by atoms with E-state index in [1.807, 2.05) is 12.1 Å². The molecule has 1 unspecified atom stereocenters. The third-order valence-electron chi connectivity index (χ3n) is 5.82. The number of imide groups is 1. The number of morpholine rings is 1. The van der Waals surface area contributed by atoms with Crippen LogP contribution >= 0.6 is 0 Å². The number of ether oxygens (including phenoxy) is 1. The molecule has 2 saturated heterocycles. The second-order valence-electron chi connectivity index (χ2n) is 7.90. The molecule has 2 N–H and O–H groups in total. The smallest absolute Gasteiger partial charge is 0.255 e. The van der Waals surface area contributed by atoms with Gasteiger partial charge in [-0.25, -0.2) is 0 Å². The van der Waals surface area contributed by atoms with Gasteiger partial charge >= 0.3 is 0 Å². The Bertz CT molecular complexity index is 1380. The Morgan fingerprint density at radius 2 is 1.91 bits per heavy atom. The molecule has 2 aromatic carbocycles. The number of piperidine rings is 1. The molecule has 8 heteroatoms. The van der Waals surface area contributed by atoms with Crippen LogP contribution in [-0.4, -0.2) is 59.8 Å². The topological polar surface area (TPSA) is 91.0 Å². The van der Waals surface area contributed by atoms with Gasteiger partial charge in [0.1, 0.15) is 6.02 Å². The highest BCUT2D eigenvalue weighted by atomic mass is 16.5. The van der Waals surface area contributed by atoms with Crippen molar-refractivity contribution in [1.82, 2.24) is 15.1 Å². The SMILES string of the molecule is [2H]C([2H])(Nc1cccc2c1CN(C1([2H])C(=O)NC(=O)C([2H])([2H])C1([2H])[2H])C2=O)c1ccccc1CN1CCOCC1. The molecule has 0 radical (unpaired) electrons. The average molecular weight is 456 g/mol. The lowest BCUT2D eigenvalue weighted by molar-refractivity contribution is -0.136. The molecule has 1 atom stereocenters. The van der Waals surface area contributed by atoms with Gasteiger partial charge in [-0.15, -0.1) is 0 Å². The Hall–Kier alpha value is -3.23. The molecule has 5 rings (SSSR count). The molecule has 3 heterocycles. The van der Waals surface area contributed by atoms with E-state index in [4.69, 9.17) is 14.3 Å². The minimum atomic E-state index is -3.39. The lowest BCUT2D eigenvalue weighted by atomic mass is 10.0. The number of hydrogen-bond donors (Lipinski definition) is 2. The first kappa shape index (κ1) is 14.8. The Balaban J connectivity index is 1.46. The Kier molecular flexibility index (Phi) is 4.19. The second kappa shape index (κ2) is 9.33. The van der Waals surface area contributed by atoms with Crippen LogP contribution < -0.4 is 10.6 Å². The van der Waals surface area contributed by atoms with Crippen LogP contribution in [-0.2, 0) is 33.9 Å². The first-order chi connectivity index (χ1) is 18.7. The molecule has 3 aliphatic heterocycles. The number of hydrogen-bond acceptors (Lipinski definition) is 6. The van der Waals surface area contributed by atoms with Gasteiger partial charge in [0, 0.05) is 61.3 Å². The summed E-state index contributed by atoms with van der Waals surface area (Å²) in [5.74, 6) is -3.90. The van der Waals surface area contributed by atoms with Gasteiger partial charge in [0.2, 0.25) is 11.8 Å². The van der Waals surface area contributed by atoms with Gasteiger partial charge in [-0.2, -0.15) is 0 Å². The first-order valence-electron chi connectivity index (χ1n) is 14.2. The largest absolute Gasteiger partial charge is 0.381 e. The number of nitrogens with one attached hydrogen (secondary N) is 2. The number of rotatable bonds is 6. The fourth-order valence-corrected chi connectivity index (χ4v) is 4.10. The van der Waals surface area contributed by atoms with Crippen molar-refractivity contribution in [2.45, 2.75) is 38.4 Å². The summed E-state index contributed by atoms with van der Waals surface area (Å²) >= 11 is 0. The van der Waals surface area contributed by atoms with Gasteiger partial charge in [0.15, 0.2) is 0 Å². The molecular formula is C25H28N4O4. The van der Waals surface area contributed by atoms with E-state index in [0.717, 1.165) is 5.56 Å². The van der Waals surface area contributed by atoms with Crippen LogP contribution in [0.25, 0.3) is 0 Å². The predicted octanol–water partition coefficient (Wildman–Crippen LogP) is 1.89. The van der Waals surface area contributed by atoms with Crippen molar-refractivity contribution < 1.29 is 28.7 Å². The van der Waals surface area contributed by atoms with Crippen molar-refractivity contribution in [2.24, 2.45) is 0 Å². The van der Waals surface area contributed by atoms with Crippen molar-refractivity contribution in [3.05, 3.63) is 64.7 Å². The standard InChI is InChI=1S/C25H28N4O4/c30-23-9-8-22(24(31)27-23)29-16-20-19(25(29)32)6-3-7-21(20)26-14-17-4-1-2-5-18(17)15-28-10-12-33-13-11-28/h1-7,22,26H,8-16H2,(H,27,30,31)/i8D2,9D2,14D2,22D. The van der Waals surface area contributed by atoms with Crippen LogP contribution in [0, 0.1) is 0 Å². The molecule has 0 aliphatic carbocycles. The number of amides is 3. The zero-order chi connectivity index (χ0) is 29.1. The van der Waals surface area contributed by atoms with Crippen LogP contribution in [0.15, 0.2) is 42.5 Å². The fraction of sp³-hybridized carbons (Fsp3) is 0.400. The number of anilines is 1. The Morgan fingerprint density at radius 1 is 1.12 bits per heavy atom. The summed E-state index contributed by atoms with van der Waals surface area (Å²) in [7, 11) is 0. The van der Waals surface area contributed by atoms with Crippen molar-refractivity contribution in [1.29, 1.82) is 0 Å².